The van der Waals surface area contributed by atoms with Crippen LogP contribution in [0.2, 0.25) is 0 Å². The molecule has 2 rings (SSSR count). The van der Waals surface area contributed by atoms with Gasteiger partial charge in [-0.25, -0.2) is 0 Å². The van der Waals surface area contributed by atoms with Crippen LogP contribution >= 0.6 is 0 Å². The molecule has 0 radical (unpaired) electrons. The summed E-state index contributed by atoms with van der Waals surface area (Å²) < 4.78 is 0. The molecular weight excluding hydrogens is 198 g/mol. The third-order valence-corrected chi connectivity index (χ3v) is 4.48. The molecule has 0 bridgehead atoms. The van der Waals surface area contributed by atoms with Crippen molar-refractivity contribution in [3.05, 3.63) is 0 Å². The molecule has 0 saturated heterocycles. The van der Waals surface area contributed by atoms with Gasteiger partial charge in [0.15, 0.2) is 0 Å². The highest BCUT2D eigenvalue weighted by Crippen LogP contribution is 2.29. The molecule has 0 unspecified atom stereocenters. The maximum atomic E-state index is 9.76. The molecule has 94 valence electrons. The van der Waals surface area contributed by atoms with E-state index in [-0.39, 0.29) is 5.54 Å². The van der Waals surface area contributed by atoms with Crippen molar-refractivity contribution in [1.29, 1.82) is 0 Å². The van der Waals surface area contributed by atoms with Gasteiger partial charge in [0.2, 0.25) is 0 Å². The van der Waals surface area contributed by atoms with Crippen LogP contribution in [0.25, 0.3) is 0 Å². The standard InChI is InChI=1S/C14H27NO/c16-12-14(15-13-8-4-5-9-13)10-6-2-1-3-7-11-14/h13,15-16H,1-12H2. The predicted molar refractivity (Wildman–Crippen MR) is 67.5 cm³/mol. The van der Waals surface area contributed by atoms with Gasteiger partial charge in [0, 0.05) is 11.6 Å². The van der Waals surface area contributed by atoms with E-state index in [0.29, 0.717) is 12.6 Å². The molecule has 0 aromatic heterocycles. The van der Waals surface area contributed by atoms with E-state index in [2.05, 4.69) is 5.32 Å². The smallest absolute Gasteiger partial charge is 0.0613 e. The second-order valence-corrected chi connectivity index (χ2v) is 5.83. The molecule has 16 heavy (non-hydrogen) atoms. The highest BCUT2D eigenvalue weighted by Gasteiger charge is 2.32. The van der Waals surface area contributed by atoms with Crippen molar-refractivity contribution in [1.82, 2.24) is 5.32 Å². The Bertz CT molecular complexity index is 191. The average molecular weight is 225 g/mol. The lowest BCUT2D eigenvalue weighted by Gasteiger charge is -2.37. The Labute approximate surface area is 99.8 Å². The van der Waals surface area contributed by atoms with Crippen molar-refractivity contribution < 1.29 is 5.11 Å². The third kappa shape index (κ3) is 3.21. The van der Waals surface area contributed by atoms with E-state index in [1.54, 1.807) is 0 Å². The van der Waals surface area contributed by atoms with Gasteiger partial charge in [-0.15, -0.1) is 0 Å². The van der Waals surface area contributed by atoms with Crippen molar-refractivity contribution in [3.8, 4) is 0 Å². The molecule has 0 aromatic rings. The van der Waals surface area contributed by atoms with Crippen LogP contribution in [-0.4, -0.2) is 23.3 Å². The molecule has 2 heteroatoms. The van der Waals surface area contributed by atoms with Crippen molar-refractivity contribution in [2.75, 3.05) is 6.61 Å². The van der Waals surface area contributed by atoms with Gasteiger partial charge in [-0.2, -0.15) is 0 Å². The van der Waals surface area contributed by atoms with Crippen molar-refractivity contribution in [2.24, 2.45) is 0 Å². The maximum absolute atomic E-state index is 9.76. The van der Waals surface area contributed by atoms with E-state index in [0.717, 1.165) is 0 Å². The largest absolute Gasteiger partial charge is 0.394 e. The Hall–Kier alpha value is -0.0800. The minimum absolute atomic E-state index is 0.0649. The molecule has 2 aliphatic carbocycles. The molecule has 2 nitrogen and oxygen atoms in total. The maximum Gasteiger partial charge on any atom is 0.0613 e. The first-order valence-electron chi connectivity index (χ1n) is 7.23. The Morgan fingerprint density at radius 3 is 2.00 bits per heavy atom. The van der Waals surface area contributed by atoms with E-state index in [1.165, 1.54) is 70.6 Å². The van der Waals surface area contributed by atoms with Crippen LogP contribution in [0.5, 0.6) is 0 Å². The van der Waals surface area contributed by atoms with E-state index in [4.69, 9.17) is 0 Å². The van der Waals surface area contributed by atoms with Gasteiger partial charge in [-0.05, 0) is 25.7 Å². The first-order chi connectivity index (χ1) is 7.85. The Kier molecular flexibility index (Phi) is 4.66. The summed E-state index contributed by atoms with van der Waals surface area (Å²) in [5, 5.41) is 13.6. The molecule has 0 spiro atoms. The number of aliphatic hydroxyl groups excluding tert-OH is 1. The van der Waals surface area contributed by atoms with Gasteiger partial charge in [-0.3, -0.25) is 0 Å². The molecule has 2 N–H and O–H groups in total. The van der Waals surface area contributed by atoms with Gasteiger partial charge in [0.05, 0.1) is 6.61 Å². The molecule has 0 amide bonds. The van der Waals surface area contributed by atoms with Gasteiger partial charge < -0.3 is 10.4 Å². The highest BCUT2D eigenvalue weighted by atomic mass is 16.3. The molecule has 0 aromatic carbocycles. The van der Waals surface area contributed by atoms with Crippen molar-refractivity contribution in [2.45, 2.75) is 82.2 Å². The quantitative estimate of drug-likeness (QED) is 0.774. The van der Waals surface area contributed by atoms with Crippen LogP contribution in [0.4, 0.5) is 0 Å². The molecule has 0 aliphatic heterocycles. The third-order valence-electron chi connectivity index (χ3n) is 4.48. The zero-order chi connectivity index (χ0) is 11.3. The fourth-order valence-corrected chi connectivity index (χ4v) is 3.43. The van der Waals surface area contributed by atoms with Crippen LogP contribution < -0.4 is 5.32 Å². The van der Waals surface area contributed by atoms with E-state index in [9.17, 15) is 5.11 Å². The summed E-state index contributed by atoms with van der Waals surface area (Å²) >= 11 is 0. The second-order valence-electron chi connectivity index (χ2n) is 5.83. The number of hydrogen-bond donors (Lipinski definition) is 2. The van der Waals surface area contributed by atoms with Crippen LogP contribution in [-0.2, 0) is 0 Å². The average Bonchev–Trinajstić information content (AvgIpc) is 2.75. The van der Waals surface area contributed by atoms with E-state index < -0.39 is 0 Å². The summed E-state index contributed by atoms with van der Waals surface area (Å²) in [6, 6.07) is 0.687. The lowest BCUT2D eigenvalue weighted by Crippen LogP contribution is -2.52. The highest BCUT2D eigenvalue weighted by molar-refractivity contribution is 4.92. The van der Waals surface area contributed by atoms with Gasteiger partial charge in [-0.1, -0.05) is 44.9 Å². The Balaban J connectivity index is 1.91. The molecule has 0 heterocycles. The van der Waals surface area contributed by atoms with Gasteiger partial charge in [0.25, 0.3) is 0 Å². The van der Waals surface area contributed by atoms with Crippen LogP contribution in [0.15, 0.2) is 0 Å². The molecule has 2 fully saturated rings. The fourth-order valence-electron chi connectivity index (χ4n) is 3.43. The summed E-state index contributed by atoms with van der Waals surface area (Å²) in [4.78, 5) is 0. The summed E-state index contributed by atoms with van der Waals surface area (Å²) in [7, 11) is 0. The van der Waals surface area contributed by atoms with E-state index in [1.807, 2.05) is 0 Å². The topological polar surface area (TPSA) is 32.3 Å². The van der Waals surface area contributed by atoms with Crippen molar-refractivity contribution >= 4 is 0 Å². The Morgan fingerprint density at radius 2 is 1.44 bits per heavy atom. The molecule has 2 saturated carbocycles. The predicted octanol–water partition coefficient (Wildman–Crippen LogP) is 2.99. The van der Waals surface area contributed by atoms with Crippen LogP contribution in [0.1, 0.15) is 70.6 Å². The van der Waals surface area contributed by atoms with Crippen LogP contribution in [0, 0.1) is 0 Å². The zero-order valence-corrected chi connectivity index (χ0v) is 10.5. The summed E-state index contributed by atoms with van der Waals surface area (Å²) in [6.45, 7) is 0.337. The lowest BCUT2D eigenvalue weighted by atomic mass is 9.83. The first kappa shape index (κ1) is 12.4. The van der Waals surface area contributed by atoms with E-state index >= 15 is 0 Å². The molecule has 0 atom stereocenters. The monoisotopic (exact) mass is 225 g/mol. The number of hydrogen-bond acceptors (Lipinski definition) is 2. The number of rotatable bonds is 3. The zero-order valence-electron chi connectivity index (χ0n) is 10.5. The van der Waals surface area contributed by atoms with Crippen molar-refractivity contribution in [3.63, 3.8) is 0 Å². The molecular formula is C14H27NO. The van der Waals surface area contributed by atoms with Crippen LogP contribution in [0.3, 0.4) is 0 Å². The summed E-state index contributed by atoms with van der Waals surface area (Å²) in [6.07, 6.45) is 14.4. The van der Waals surface area contributed by atoms with Gasteiger partial charge in [0.1, 0.15) is 0 Å². The first-order valence-corrected chi connectivity index (χ1v) is 7.23. The van der Waals surface area contributed by atoms with Gasteiger partial charge >= 0.3 is 0 Å². The fraction of sp³-hybridized carbons (Fsp3) is 1.00. The minimum atomic E-state index is 0.0649. The normalized spacial score (nSPS) is 27.6. The lowest BCUT2D eigenvalue weighted by molar-refractivity contribution is 0.118. The summed E-state index contributed by atoms with van der Waals surface area (Å²) in [5.74, 6) is 0. The summed E-state index contributed by atoms with van der Waals surface area (Å²) in [5.41, 5.74) is 0.0649. The Morgan fingerprint density at radius 1 is 0.875 bits per heavy atom. The molecule has 2 aliphatic rings. The minimum Gasteiger partial charge on any atom is -0.394 e. The number of nitrogens with one attached hydrogen (secondary N) is 1. The second kappa shape index (κ2) is 6.02. The number of aliphatic hydroxyl groups is 1. The SMILES string of the molecule is OCC1(NC2CCCC2)CCCCCCC1.